The first-order valence-electron chi connectivity index (χ1n) is 4.67. The second-order valence-corrected chi connectivity index (χ2v) is 7.07. The van der Waals surface area contributed by atoms with Crippen LogP contribution >= 0.6 is 23.4 Å². The Morgan fingerprint density at radius 3 is 2.79 bits per heavy atom. The molecule has 1 fully saturated rings. The fourth-order valence-corrected chi connectivity index (χ4v) is 4.50. The van der Waals surface area contributed by atoms with Gasteiger partial charge in [-0.05, 0) is 18.6 Å². The maximum Gasteiger partial charge on any atom is 0.214 e. The molecule has 14 heavy (non-hydrogen) atoms. The van der Waals surface area contributed by atoms with E-state index in [1.54, 1.807) is 7.05 Å². The molecular formula is C8H16ClNO2S2. The SMILES string of the molecule is CN(C1CCSC1)S(=O)(=O)CCCCl. The molecule has 0 amide bonds. The molecule has 0 radical (unpaired) electrons. The van der Waals surface area contributed by atoms with E-state index in [9.17, 15) is 8.42 Å². The van der Waals surface area contributed by atoms with E-state index < -0.39 is 10.0 Å². The van der Waals surface area contributed by atoms with Crippen molar-refractivity contribution < 1.29 is 8.42 Å². The lowest BCUT2D eigenvalue weighted by molar-refractivity contribution is 0.394. The summed E-state index contributed by atoms with van der Waals surface area (Å²) in [5, 5.41) is 0. The number of rotatable bonds is 5. The molecule has 1 atom stereocenters. The van der Waals surface area contributed by atoms with Gasteiger partial charge in [0.15, 0.2) is 0 Å². The van der Waals surface area contributed by atoms with Gasteiger partial charge < -0.3 is 0 Å². The molecule has 1 unspecified atom stereocenters. The average molecular weight is 258 g/mol. The summed E-state index contributed by atoms with van der Waals surface area (Å²) in [6.45, 7) is 0. The molecule has 1 aliphatic heterocycles. The van der Waals surface area contributed by atoms with E-state index in [1.807, 2.05) is 11.8 Å². The van der Waals surface area contributed by atoms with E-state index in [1.165, 1.54) is 4.31 Å². The fraction of sp³-hybridized carbons (Fsp3) is 1.00. The number of alkyl halides is 1. The Kier molecular flexibility index (Phi) is 5.03. The largest absolute Gasteiger partial charge is 0.214 e. The van der Waals surface area contributed by atoms with Gasteiger partial charge in [-0.1, -0.05) is 0 Å². The molecule has 0 aromatic carbocycles. The molecule has 6 heteroatoms. The molecular weight excluding hydrogens is 242 g/mol. The maximum absolute atomic E-state index is 11.7. The number of halogens is 1. The molecule has 0 aromatic heterocycles. The highest BCUT2D eigenvalue weighted by molar-refractivity contribution is 7.99. The molecule has 1 heterocycles. The van der Waals surface area contributed by atoms with E-state index in [0.29, 0.717) is 12.3 Å². The van der Waals surface area contributed by atoms with Crippen LogP contribution in [-0.4, -0.2) is 49.0 Å². The van der Waals surface area contributed by atoms with Crippen molar-refractivity contribution in [3.8, 4) is 0 Å². The van der Waals surface area contributed by atoms with Gasteiger partial charge in [0, 0.05) is 24.7 Å². The van der Waals surface area contributed by atoms with Crippen molar-refractivity contribution in [2.45, 2.75) is 18.9 Å². The lowest BCUT2D eigenvalue weighted by Gasteiger charge is -2.22. The minimum atomic E-state index is -3.07. The third-order valence-corrected chi connectivity index (χ3v) is 5.79. The molecule has 0 aliphatic carbocycles. The second-order valence-electron chi connectivity index (χ2n) is 3.39. The minimum Gasteiger partial charge on any atom is -0.212 e. The van der Waals surface area contributed by atoms with Gasteiger partial charge in [-0.25, -0.2) is 12.7 Å². The van der Waals surface area contributed by atoms with Crippen LogP contribution < -0.4 is 0 Å². The summed E-state index contributed by atoms with van der Waals surface area (Å²) in [5.74, 6) is 2.58. The number of hydrogen-bond acceptors (Lipinski definition) is 3. The van der Waals surface area contributed by atoms with Crippen LogP contribution in [0.5, 0.6) is 0 Å². The first kappa shape index (κ1) is 12.6. The minimum absolute atomic E-state index is 0.175. The lowest BCUT2D eigenvalue weighted by Crippen LogP contribution is -2.38. The van der Waals surface area contributed by atoms with Gasteiger partial charge in [0.25, 0.3) is 0 Å². The Hall–Kier alpha value is 0.550. The first-order valence-corrected chi connectivity index (χ1v) is 7.97. The second kappa shape index (κ2) is 5.58. The topological polar surface area (TPSA) is 37.4 Å². The Balaban J connectivity index is 2.52. The highest BCUT2D eigenvalue weighted by Crippen LogP contribution is 2.23. The summed E-state index contributed by atoms with van der Waals surface area (Å²) in [4.78, 5) is 0. The van der Waals surface area contributed by atoms with Crippen molar-refractivity contribution in [1.82, 2.24) is 4.31 Å². The van der Waals surface area contributed by atoms with Gasteiger partial charge >= 0.3 is 0 Å². The van der Waals surface area contributed by atoms with Crippen molar-refractivity contribution in [2.24, 2.45) is 0 Å². The van der Waals surface area contributed by atoms with E-state index in [2.05, 4.69) is 0 Å². The van der Waals surface area contributed by atoms with Gasteiger partial charge in [-0.15, -0.1) is 11.6 Å². The monoisotopic (exact) mass is 257 g/mol. The number of hydrogen-bond donors (Lipinski definition) is 0. The van der Waals surface area contributed by atoms with Crippen LogP contribution in [0.25, 0.3) is 0 Å². The van der Waals surface area contributed by atoms with Crippen molar-refractivity contribution in [1.29, 1.82) is 0 Å². The van der Waals surface area contributed by atoms with E-state index in [0.717, 1.165) is 17.9 Å². The highest BCUT2D eigenvalue weighted by Gasteiger charge is 2.28. The smallest absolute Gasteiger partial charge is 0.212 e. The fourth-order valence-electron chi connectivity index (χ4n) is 1.42. The van der Waals surface area contributed by atoms with Crippen molar-refractivity contribution in [3.05, 3.63) is 0 Å². The van der Waals surface area contributed by atoms with Gasteiger partial charge in [-0.2, -0.15) is 11.8 Å². The highest BCUT2D eigenvalue weighted by atomic mass is 35.5. The van der Waals surface area contributed by atoms with Crippen LogP contribution in [0.2, 0.25) is 0 Å². The first-order chi connectivity index (χ1) is 6.58. The summed E-state index contributed by atoms with van der Waals surface area (Å²) in [6.07, 6.45) is 1.51. The maximum atomic E-state index is 11.7. The molecule has 1 saturated heterocycles. The summed E-state index contributed by atoms with van der Waals surface area (Å²) < 4.78 is 25.0. The number of thioether (sulfide) groups is 1. The van der Waals surface area contributed by atoms with Gasteiger partial charge in [-0.3, -0.25) is 0 Å². The molecule has 3 nitrogen and oxygen atoms in total. The summed E-state index contributed by atoms with van der Waals surface area (Å²) in [7, 11) is -1.39. The van der Waals surface area contributed by atoms with Crippen molar-refractivity contribution in [3.63, 3.8) is 0 Å². The third kappa shape index (κ3) is 3.29. The van der Waals surface area contributed by atoms with Crippen LogP contribution in [-0.2, 0) is 10.0 Å². The number of nitrogens with zero attached hydrogens (tertiary/aromatic N) is 1. The van der Waals surface area contributed by atoms with E-state index in [-0.39, 0.29) is 11.8 Å². The predicted octanol–water partition coefficient (Wildman–Crippen LogP) is 1.38. The van der Waals surface area contributed by atoms with E-state index >= 15 is 0 Å². The normalized spacial score (nSPS) is 23.2. The Morgan fingerprint density at radius 1 is 1.57 bits per heavy atom. The van der Waals surface area contributed by atoms with Crippen LogP contribution in [0.3, 0.4) is 0 Å². The van der Waals surface area contributed by atoms with Crippen LogP contribution in [0.15, 0.2) is 0 Å². The zero-order chi connectivity index (χ0) is 10.6. The Labute approximate surface area is 95.2 Å². The third-order valence-electron chi connectivity index (χ3n) is 2.39. The molecule has 0 saturated carbocycles. The molecule has 0 bridgehead atoms. The van der Waals surface area contributed by atoms with Crippen LogP contribution in [0, 0.1) is 0 Å². The number of sulfonamides is 1. The van der Waals surface area contributed by atoms with Crippen LogP contribution in [0.4, 0.5) is 0 Å². The zero-order valence-electron chi connectivity index (χ0n) is 8.28. The van der Waals surface area contributed by atoms with Gasteiger partial charge in [0.2, 0.25) is 10.0 Å². The average Bonchev–Trinajstić information content (AvgIpc) is 2.66. The lowest BCUT2D eigenvalue weighted by atomic mass is 10.3. The van der Waals surface area contributed by atoms with Gasteiger partial charge in [0.1, 0.15) is 0 Å². The molecule has 84 valence electrons. The Bertz CT molecular complexity index is 263. The standard InChI is InChI=1S/C8H16ClNO2S2/c1-10(8-3-5-13-7-8)14(11,12)6-2-4-9/h8H,2-7H2,1H3. The molecule has 0 spiro atoms. The van der Waals surface area contributed by atoms with Crippen molar-refractivity contribution >= 4 is 33.4 Å². The predicted molar refractivity (Wildman–Crippen MR) is 62.6 cm³/mol. The Morgan fingerprint density at radius 2 is 2.29 bits per heavy atom. The van der Waals surface area contributed by atoms with E-state index in [4.69, 9.17) is 11.6 Å². The molecule has 0 aromatic rings. The molecule has 1 rings (SSSR count). The summed E-state index contributed by atoms with van der Waals surface area (Å²) in [5.41, 5.74) is 0. The zero-order valence-corrected chi connectivity index (χ0v) is 10.7. The summed E-state index contributed by atoms with van der Waals surface area (Å²) >= 11 is 7.30. The molecule has 0 N–H and O–H groups in total. The molecule has 1 aliphatic rings. The van der Waals surface area contributed by atoms with Crippen molar-refractivity contribution in [2.75, 3.05) is 30.2 Å². The summed E-state index contributed by atoms with van der Waals surface area (Å²) in [6, 6.07) is 0.195. The van der Waals surface area contributed by atoms with Gasteiger partial charge in [0.05, 0.1) is 5.75 Å². The quantitative estimate of drug-likeness (QED) is 0.699. The van der Waals surface area contributed by atoms with Crippen LogP contribution in [0.1, 0.15) is 12.8 Å².